The highest BCUT2D eigenvalue weighted by atomic mass is 16.5. The Labute approximate surface area is 153 Å². The SMILES string of the molecule is COc1cc(C(=O)N2CCN(C(=O)c3cccc(N)c3)CC2)ccc1C. The van der Waals surface area contributed by atoms with Crippen molar-refractivity contribution in [1.82, 2.24) is 9.80 Å². The highest BCUT2D eigenvalue weighted by molar-refractivity contribution is 5.96. The zero-order valence-electron chi connectivity index (χ0n) is 15.1. The van der Waals surface area contributed by atoms with Crippen molar-refractivity contribution < 1.29 is 14.3 Å². The molecule has 0 radical (unpaired) electrons. The number of carbonyl (C=O) groups is 2. The Morgan fingerprint density at radius 3 is 2.04 bits per heavy atom. The number of hydrogen-bond donors (Lipinski definition) is 1. The molecule has 2 amide bonds. The third kappa shape index (κ3) is 3.64. The molecule has 0 atom stereocenters. The van der Waals surface area contributed by atoms with E-state index in [2.05, 4.69) is 0 Å². The summed E-state index contributed by atoms with van der Waals surface area (Å²) in [6.07, 6.45) is 0. The average molecular weight is 353 g/mol. The molecule has 1 aliphatic heterocycles. The Morgan fingerprint density at radius 1 is 0.923 bits per heavy atom. The molecule has 2 aromatic rings. The Morgan fingerprint density at radius 2 is 1.50 bits per heavy atom. The first-order chi connectivity index (χ1) is 12.5. The summed E-state index contributed by atoms with van der Waals surface area (Å²) in [6.45, 7) is 3.95. The largest absolute Gasteiger partial charge is 0.496 e. The number of nitrogens with two attached hydrogens (primary N) is 1. The quantitative estimate of drug-likeness (QED) is 0.858. The fourth-order valence-electron chi connectivity index (χ4n) is 3.10. The van der Waals surface area contributed by atoms with E-state index in [-0.39, 0.29) is 11.8 Å². The van der Waals surface area contributed by atoms with E-state index in [9.17, 15) is 9.59 Å². The van der Waals surface area contributed by atoms with Gasteiger partial charge in [0.1, 0.15) is 5.75 Å². The van der Waals surface area contributed by atoms with E-state index in [1.54, 1.807) is 47.2 Å². The lowest BCUT2D eigenvalue weighted by Gasteiger charge is -2.35. The number of ether oxygens (including phenoxy) is 1. The fraction of sp³-hybridized carbons (Fsp3) is 0.300. The van der Waals surface area contributed by atoms with Crippen molar-refractivity contribution in [3.63, 3.8) is 0 Å². The molecule has 3 rings (SSSR count). The minimum atomic E-state index is -0.0543. The predicted octanol–water partition coefficient (Wildman–Crippen LogP) is 2.18. The molecule has 2 aromatic carbocycles. The van der Waals surface area contributed by atoms with Crippen LogP contribution in [-0.4, -0.2) is 54.9 Å². The molecule has 0 aliphatic carbocycles. The van der Waals surface area contributed by atoms with E-state index in [1.807, 2.05) is 19.1 Å². The van der Waals surface area contributed by atoms with Crippen LogP contribution in [0.4, 0.5) is 5.69 Å². The summed E-state index contributed by atoms with van der Waals surface area (Å²) < 4.78 is 5.30. The van der Waals surface area contributed by atoms with E-state index in [4.69, 9.17) is 10.5 Å². The molecule has 26 heavy (non-hydrogen) atoms. The summed E-state index contributed by atoms with van der Waals surface area (Å²) in [5, 5.41) is 0. The molecule has 0 unspecified atom stereocenters. The lowest BCUT2D eigenvalue weighted by molar-refractivity contribution is 0.0535. The van der Waals surface area contributed by atoms with E-state index < -0.39 is 0 Å². The molecule has 1 fully saturated rings. The van der Waals surface area contributed by atoms with Crippen molar-refractivity contribution in [2.75, 3.05) is 39.0 Å². The van der Waals surface area contributed by atoms with Gasteiger partial charge < -0.3 is 20.3 Å². The summed E-state index contributed by atoms with van der Waals surface area (Å²) in [5.41, 5.74) is 8.48. The van der Waals surface area contributed by atoms with Gasteiger partial charge in [0.15, 0.2) is 0 Å². The van der Waals surface area contributed by atoms with Crippen molar-refractivity contribution in [1.29, 1.82) is 0 Å². The van der Waals surface area contributed by atoms with Crippen LogP contribution in [0.2, 0.25) is 0 Å². The minimum absolute atomic E-state index is 0.0423. The lowest BCUT2D eigenvalue weighted by atomic mass is 10.1. The number of benzene rings is 2. The zero-order chi connectivity index (χ0) is 18.7. The maximum absolute atomic E-state index is 12.7. The molecular weight excluding hydrogens is 330 g/mol. The van der Waals surface area contributed by atoms with E-state index >= 15 is 0 Å². The number of aryl methyl sites for hydroxylation is 1. The molecule has 1 saturated heterocycles. The van der Waals surface area contributed by atoms with Crippen molar-refractivity contribution in [3.8, 4) is 5.75 Å². The van der Waals surface area contributed by atoms with Gasteiger partial charge in [0.25, 0.3) is 11.8 Å². The van der Waals surface area contributed by atoms with Crippen LogP contribution < -0.4 is 10.5 Å². The number of amides is 2. The zero-order valence-corrected chi connectivity index (χ0v) is 15.1. The Balaban J connectivity index is 1.64. The molecular formula is C20H23N3O3. The number of nitrogens with zero attached hydrogens (tertiary/aromatic N) is 2. The van der Waals surface area contributed by atoms with Crippen molar-refractivity contribution >= 4 is 17.5 Å². The van der Waals surface area contributed by atoms with Crippen LogP contribution in [0.5, 0.6) is 5.75 Å². The summed E-state index contributed by atoms with van der Waals surface area (Å²) >= 11 is 0. The van der Waals surface area contributed by atoms with Gasteiger partial charge in [-0.05, 0) is 42.8 Å². The van der Waals surface area contributed by atoms with Crippen LogP contribution in [0.1, 0.15) is 26.3 Å². The highest BCUT2D eigenvalue weighted by Crippen LogP contribution is 2.21. The number of anilines is 1. The van der Waals surface area contributed by atoms with Crippen molar-refractivity contribution in [2.45, 2.75) is 6.92 Å². The molecule has 0 bridgehead atoms. The second-order valence-corrected chi connectivity index (χ2v) is 6.39. The van der Waals surface area contributed by atoms with Gasteiger partial charge in [0.2, 0.25) is 0 Å². The van der Waals surface area contributed by atoms with Gasteiger partial charge in [-0.15, -0.1) is 0 Å². The Kier molecular flexibility index (Phi) is 5.11. The number of piperazine rings is 1. The molecule has 1 aliphatic rings. The number of rotatable bonds is 3. The molecule has 0 spiro atoms. The maximum Gasteiger partial charge on any atom is 0.254 e. The lowest BCUT2D eigenvalue weighted by Crippen LogP contribution is -2.50. The fourth-order valence-corrected chi connectivity index (χ4v) is 3.10. The van der Waals surface area contributed by atoms with Gasteiger partial charge in [0, 0.05) is 43.0 Å². The first kappa shape index (κ1) is 17.8. The van der Waals surface area contributed by atoms with Gasteiger partial charge >= 0.3 is 0 Å². The topological polar surface area (TPSA) is 75.9 Å². The highest BCUT2D eigenvalue weighted by Gasteiger charge is 2.25. The summed E-state index contributed by atoms with van der Waals surface area (Å²) in [7, 11) is 1.59. The standard InChI is InChI=1S/C20H23N3O3/c1-14-6-7-16(13-18(14)26-2)20(25)23-10-8-22(9-11-23)19(24)15-4-3-5-17(21)12-15/h3-7,12-13H,8-11,21H2,1-2H3. The second-order valence-electron chi connectivity index (χ2n) is 6.39. The summed E-state index contributed by atoms with van der Waals surface area (Å²) in [4.78, 5) is 28.8. The predicted molar refractivity (Wildman–Crippen MR) is 100 cm³/mol. The van der Waals surface area contributed by atoms with Crippen LogP contribution in [0.3, 0.4) is 0 Å². The first-order valence-corrected chi connectivity index (χ1v) is 8.58. The van der Waals surface area contributed by atoms with E-state index in [1.165, 1.54) is 0 Å². The van der Waals surface area contributed by atoms with Gasteiger partial charge in [-0.1, -0.05) is 12.1 Å². The molecule has 2 N–H and O–H groups in total. The number of methoxy groups -OCH3 is 1. The second kappa shape index (κ2) is 7.47. The minimum Gasteiger partial charge on any atom is -0.496 e. The van der Waals surface area contributed by atoms with Gasteiger partial charge in [-0.2, -0.15) is 0 Å². The molecule has 1 heterocycles. The third-order valence-electron chi connectivity index (χ3n) is 4.64. The number of nitrogen functional groups attached to an aromatic ring is 1. The molecule has 136 valence electrons. The molecule has 6 heteroatoms. The van der Waals surface area contributed by atoms with E-state index in [0.717, 1.165) is 5.56 Å². The van der Waals surface area contributed by atoms with Crippen LogP contribution in [0.25, 0.3) is 0 Å². The van der Waals surface area contributed by atoms with Gasteiger partial charge in [0.05, 0.1) is 7.11 Å². The molecule has 0 aromatic heterocycles. The maximum atomic E-state index is 12.7. The first-order valence-electron chi connectivity index (χ1n) is 8.58. The molecule has 6 nitrogen and oxygen atoms in total. The van der Waals surface area contributed by atoms with Crippen LogP contribution in [-0.2, 0) is 0 Å². The third-order valence-corrected chi connectivity index (χ3v) is 4.64. The van der Waals surface area contributed by atoms with Gasteiger partial charge in [-0.3, -0.25) is 9.59 Å². The average Bonchev–Trinajstić information content (AvgIpc) is 2.67. The monoisotopic (exact) mass is 353 g/mol. The van der Waals surface area contributed by atoms with E-state index in [0.29, 0.717) is 48.7 Å². The van der Waals surface area contributed by atoms with Crippen LogP contribution in [0, 0.1) is 6.92 Å². The van der Waals surface area contributed by atoms with Crippen molar-refractivity contribution in [2.24, 2.45) is 0 Å². The van der Waals surface area contributed by atoms with Crippen molar-refractivity contribution in [3.05, 3.63) is 59.2 Å². The number of carbonyl (C=O) groups excluding carboxylic acids is 2. The molecule has 0 saturated carbocycles. The van der Waals surface area contributed by atoms with Crippen LogP contribution >= 0.6 is 0 Å². The van der Waals surface area contributed by atoms with Gasteiger partial charge in [-0.25, -0.2) is 0 Å². The Bertz CT molecular complexity index is 827. The Hall–Kier alpha value is -3.02. The number of hydrogen-bond acceptors (Lipinski definition) is 4. The summed E-state index contributed by atoms with van der Waals surface area (Å²) in [5.74, 6) is 0.604. The summed E-state index contributed by atoms with van der Waals surface area (Å²) in [6, 6.07) is 12.4. The smallest absolute Gasteiger partial charge is 0.254 e. The van der Waals surface area contributed by atoms with Crippen LogP contribution in [0.15, 0.2) is 42.5 Å². The normalized spacial score (nSPS) is 14.2.